The Morgan fingerprint density at radius 3 is 2.81 bits per heavy atom. The zero-order chi connectivity index (χ0) is 26.2. The summed E-state index contributed by atoms with van der Waals surface area (Å²) in [5.41, 5.74) is 2.30. The SMILES string of the molecule is Cc1cc(-n2cncn2)c2cccc(OCc3c(Cl)ccc(S(=O)(=O)OC(=O)[C@@H]4CCCN4)c3Cl)c2n1. The number of fused-ring (bicyclic) bond motifs is 1. The summed E-state index contributed by atoms with van der Waals surface area (Å²) in [4.78, 5) is 20.6. The Hall–Kier alpha value is -3.25. The van der Waals surface area contributed by atoms with Crippen LogP contribution < -0.4 is 10.1 Å². The van der Waals surface area contributed by atoms with Crippen LogP contribution in [0.5, 0.6) is 5.75 Å². The van der Waals surface area contributed by atoms with Crippen LogP contribution in [-0.2, 0) is 25.7 Å². The third-order valence-corrected chi connectivity index (χ3v) is 8.06. The molecule has 1 atom stereocenters. The smallest absolute Gasteiger partial charge is 0.343 e. The summed E-state index contributed by atoms with van der Waals surface area (Å²) in [6.07, 6.45) is 4.28. The molecule has 0 bridgehead atoms. The lowest BCUT2D eigenvalue weighted by atomic mass is 10.1. The maximum Gasteiger partial charge on any atom is 0.343 e. The van der Waals surface area contributed by atoms with E-state index in [9.17, 15) is 13.2 Å². The van der Waals surface area contributed by atoms with Crippen molar-refractivity contribution in [2.24, 2.45) is 0 Å². The first-order chi connectivity index (χ1) is 17.7. The Kier molecular flexibility index (Phi) is 7.04. The maximum atomic E-state index is 12.9. The number of nitrogens with one attached hydrogen (secondary N) is 1. The van der Waals surface area contributed by atoms with E-state index in [2.05, 4.69) is 20.4 Å². The van der Waals surface area contributed by atoms with Gasteiger partial charge in [0.15, 0.2) is 0 Å². The minimum atomic E-state index is -4.48. The molecular weight excluding hydrogens is 541 g/mol. The molecule has 13 heteroatoms. The Morgan fingerprint density at radius 1 is 1.24 bits per heavy atom. The Morgan fingerprint density at radius 2 is 2.08 bits per heavy atom. The number of halogens is 2. The van der Waals surface area contributed by atoms with Gasteiger partial charge in [-0.1, -0.05) is 35.3 Å². The molecule has 1 aliphatic rings. The van der Waals surface area contributed by atoms with Crippen molar-refractivity contribution in [1.29, 1.82) is 0 Å². The third kappa shape index (κ3) is 5.12. The van der Waals surface area contributed by atoms with Gasteiger partial charge >= 0.3 is 16.1 Å². The van der Waals surface area contributed by atoms with Crippen LogP contribution >= 0.6 is 23.2 Å². The predicted octanol–water partition coefficient (Wildman–Crippen LogP) is 3.99. The topological polar surface area (TPSA) is 125 Å². The average Bonchev–Trinajstić information content (AvgIpc) is 3.58. The van der Waals surface area contributed by atoms with Gasteiger partial charge in [-0.2, -0.15) is 13.5 Å². The molecule has 2 aromatic carbocycles. The summed E-state index contributed by atoms with van der Waals surface area (Å²) in [5, 5.41) is 7.90. The molecular formula is C24H21Cl2N5O5S. The summed E-state index contributed by atoms with van der Waals surface area (Å²) in [7, 11) is -4.48. The van der Waals surface area contributed by atoms with Crippen LogP contribution in [0, 0.1) is 6.92 Å². The van der Waals surface area contributed by atoms with Gasteiger partial charge in [-0.3, -0.25) is 0 Å². The van der Waals surface area contributed by atoms with Crippen LogP contribution in [0.1, 0.15) is 24.1 Å². The molecule has 0 amide bonds. The van der Waals surface area contributed by atoms with Gasteiger partial charge in [-0.15, -0.1) is 0 Å². The van der Waals surface area contributed by atoms with E-state index in [4.69, 9.17) is 32.1 Å². The van der Waals surface area contributed by atoms with Crippen molar-refractivity contribution in [3.8, 4) is 11.4 Å². The largest absolute Gasteiger partial charge is 0.487 e. The highest BCUT2D eigenvalue weighted by Gasteiger charge is 2.31. The predicted molar refractivity (Wildman–Crippen MR) is 136 cm³/mol. The third-order valence-electron chi connectivity index (χ3n) is 5.90. The molecule has 2 aromatic heterocycles. The first kappa shape index (κ1) is 25.4. The lowest BCUT2D eigenvalue weighted by Crippen LogP contribution is -2.33. The van der Waals surface area contributed by atoms with E-state index in [0.29, 0.717) is 24.2 Å². The first-order valence-corrected chi connectivity index (χ1v) is 13.5. The number of aromatic nitrogens is 4. The van der Waals surface area contributed by atoms with Crippen LogP contribution in [0.2, 0.25) is 10.0 Å². The summed E-state index contributed by atoms with van der Waals surface area (Å²) in [6.45, 7) is 2.31. The number of nitrogens with zero attached hydrogens (tertiary/aromatic N) is 4. The van der Waals surface area contributed by atoms with E-state index in [1.165, 1.54) is 18.5 Å². The molecule has 10 nitrogen and oxygen atoms in total. The maximum absolute atomic E-state index is 12.9. The number of rotatable bonds is 7. The number of benzene rings is 2. The molecule has 1 N–H and O–H groups in total. The van der Waals surface area contributed by atoms with Gasteiger partial charge < -0.3 is 14.2 Å². The highest BCUT2D eigenvalue weighted by molar-refractivity contribution is 7.87. The molecule has 0 spiro atoms. The molecule has 3 heterocycles. The molecule has 37 heavy (non-hydrogen) atoms. The second kappa shape index (κ2) is 10.3. The molecule has 0 radical (unpaired) electrons. The zero-order valence-corrected chi connectivity index (χ0v) is 21.8. The van der Waals surface area contributed by atoms with E-state index < -0.39 is 22.1 Å². The highest BCUT2D eigenvalue weighted by atomic mass is 35.5. The minimum absolute atomic E-state index is 0.160. The van der Waals surface area contributed by atoms with Crippen molar-refractivity contribution >= 4 is 50.2 Å². The molecule has 1 fully saturated rings. The van der Waals surface area contributed by atoms with Crippen LogP contribution in [0.4, 0.5) is 0 Å². The van der Waals surface area contributed by atoms with Crippen LogP contribution in [0.25, 0.3) is 16.6 Å². The standard InChI is InChI=1S/C24H21Cl2N5O5S/c1-14-10-19(31-13-27-12-29-31)15-4-2-6-20(23(15)30-14)35-11-16-17(25)7-8-21(22(16)26)37(33,34)36-24(32)18-5-3-9-28-18/h2,4,6-8,10,12-13,18,28H,3,5,9,11H2,1H3/t18-/m0/s1. The van der Waals surface area contributed by atoms with Crippen LogP contribution in [-0.4, -0.2) is 46.7 Å². The molecule has 0 aliphatic carbocycles. The highest BCUT2D eigenvalue weighted by Crippen LogP contribution is 2.35. The van der Waals surface area contributed by atoms with E-state index >= 15 is 0 Å². The van der Waals surface area contributed by atoms with Gasteiger partial charge in [0.05, 0.1) is 10.7 Å². The van der Waals surface area contributed by atoms with Gasteiger partial charge in [0, 0.05) is 21.7 Å². The van der Waals surface area contributed by atoms with Crippen molar-refractivity contribution in [2.45, 2.75) is 37.3 Å². The second-order valence-electron chi connectivity index (χ2n) is 8.41. The number of hydrogen-bond donors (Lipinski definition) is 1. The van der Waals surface area contributed by atoms with Gasteiger partial charge in [0.2, 0.25) is 0 Å². The summed E-state index contributed by atoms with van der Waals surface area (Å²) in [5.74, 6) is -0.441. The number of carbonyl (C=O) groups is 1. The molecule has 1 aliphatic heterocycles. The van der Waals surface area contributed by atoms with E-state index in [0.717, 1.165) is 23.2 Å². The molecule has 1 saturated heterocycles. The van der Waals surface area contributed by atoms with Crippen LogP contribution in [0.3, 0.4) is 0 Å². The first-order valence-electron chi connectivity index (χ1n) is 11.3. The molecule has 192 valence electrons. The van der Waals surface area contributed by atoms with E-state index in [1.807, 2.05) is 19.1 Å². The summed E-state index contributed by atoms with van der Waals surface area (Å²) >= 11 is 12.8. The van der Waals surface area contributed by atoms with Crippen molar-refractivity contribution in [1.82, 2.24) is 25.1 Å². The Bertz CT molecular complexity index is 1590. The fourth-order valence-corrected chi connectivity index (χ4v) is 5.88. The summed E-state index contributed by atoms with van der Waals surface area (Å²) < 4.78 is 38.2. The zero-order valence-electron chi connectivity index (χ0n) is 19.5. The van der Waals surface area contributed by atoms with E-state index in [-0.39, 0.29) is 27.1 Å². The molecule has 4 aromatic rings. The fraction of sp³-hybridized carbons (Fsp3) is 0.250. The van der Waals surface area contributed by atoms with Crippen molar-refractivity contribution in [2.75, 3.05) is 6.54 Å². The monoisotopic (exact) mass is 561 g/mol. The Balaban J connectivity index is 1.44. The normalized spacial score (nSPS) is 15.7. The van der Waals surface area contributed by atoms with Gasteiger partial charge in [-0.05, 0) is 50.6 Å². The quantitative estimate of drug-likeness (QED) is 0.333. The molecule has 0 unspecified atom stereocenters. The van der Waals surface area contributed by atoms with Crippen molar-refractivity contribution in [3.63, 3.8) is 0 Å². The number of ether oxygens (including phenoxy) is 1. The molecule has 0 saturated carbocycles. The number of pyridine rings is 1. The fourth-order valence-electron chi connectivity index (χ4n) is 4.12. The number of aryl methyl sites for hydroxylation is 1. The lowest BCUT2D eigenvalue weighted by molar-refractivity contribution is -0.135. The number of carbonyl (C=O) groups excluding carboxylic acids is 1. The van der Waals surface area contributed by atoms with E-state index in [1.54, 1.807) is 23.1 Å². The van der Waals surface area contributed by atoms with Gasteiger partial charge in [-0.25, -0.2) is 19.4 Å². The number of para-hydroxylation sites is 1. The Labute approximate surface area is 222 Å². The molecule has 5 rings (SSSR count). The number of hydrogen-bond acceptors (Lipinski definition) is 9. The summed E-state index contributed by atoms with van der Waals surface area (Å²) in [6, 6.07) is 9.20. The van der Waals surface area contributed by atoms with Crippen LogP contribution in [0.15, 0.2) is 53.9 Å². The van der Waals surface area contributed by atoms with Gasteiger partial charge in [0.1, 0.15) is 41.5 Å². The lowest BCUT2D eigenvalue weighted by Gasteiger charge is -2.15. The van der Waals surface area contributed by atoms with Gasteiger partial charge in [0.25, 0.3) is 0 Å². The average molecular weight is 562 g/mol. The second-order valence-corrected chi connectivity index (χ2v) is 10.7. The minimum Gasteiger partial charge on any atom is -0.487 e. The van der Waals surface area contributed by atoms with Crippen molar-refractivity contribution < 1.29 is 22.1 Å². The van der Waals surface area contributed by atoms with Crippen molar-refractivity contribution in [3.05, 3.63) is 70.4 Å².